The molecule has 3 rings (SSSR count). The third-order valence-electron chi connectivity index (χ3n) is 4.69. The molecule has 13 heteroatoms. The van der Waals surface area contributed by atoms with Gasteiger partial charge in [-0.1, -0.05) is 6.92 Å². The molecule has 180 valence electrons. The van der Waals surface area contributed by atoms with Crippen molar-refractivity contribution < 1.29 is 22.7 Å². The molecule has 0 aliphatic rings. The number of methoxy groups -OCH3 is 2. The Morgan fingerprint density at radius 3 is 2.47 bits per heavy atom. The number of carbonyl (C=O) groups excluding carboxylic acids is 1. The number of nitrogens with one attached hydrogen (secondary N) is 3. The zero-order valence-electron chi connectivity index (χ0n) is 18.8. The molecule has 0 fully saturated rings. The first-order chi connectivity index (χ1) is 16.2. The van der Waals surface area contributed by atoms with Gasteiger partial charge in [0.05, 0.1) is 24.7 Å². The van der Waals surface area contributed by atoms with Crippen LogP contribution in [0.15, 0.2) is 41.6 Å². The highest BCUT2D eigenvalue weighted by molar-refractivity contribution is 7.92. The summed E-state index contributed by atoms with van der Waals surface area (Å²) in [5, 5.41) is 6.86. The predicted molar refractivity (Wildman–Crippen MR) is 135 cm³/mol. The summed E-state index contributed by atoms with van der Waals surface area (Å²) in [6.45, 7) is 3.90. The minimum absolute atomic E-state index is 0.0314. The molecular weight excluding hydrogens is 498 g/mol. The zero-order chi connectivity index (χ0) is 24.9. The average molecular weight is 522 g/mol. The monoisotopic (exact) mass is 521 g/mol. The van der Waals surface area contributed by atoms with Gasteiger partial charge in [0, 0.05) is 16.6 Å². The molecule has 0 saturated carbocycles. The van der Waals surface area contributed by atoms with Gasteiger partial charge >= 0.3 is 5.97 Å². The molecule has 3 N–H and O–H groups in total. The quantitative estimate of drug-likeness (QED) is 0.297. The number of benzene rings is 1. The van der Waals surface area contributed by atoms with Crippen molar-refractivity contribution in [3.63, 3.8) is 0 Å². The van der Waals surface area contributed by atoms with E-state index in [-0.39, 0.29) is 21.7 Å². The van der Waals surface area contributed by atoms with Gasteiger partial charge in [-0.25, -0.2) is 23.2 Å². The van der Waals surface area contributed by atoms with Crippen LogP contribution in [0.2, 0.25) is 0 Å². The van der Waals surface area contributed by atoms with Crippen LogP contribution in [-0.4, -0.2) is 43.7 Å². The highest BCUT2D eigenvalue weighted by Crippen LogP contribution is 2.34. The number of hydrogen-bond acceptors (Lipinski definition) is 9. The van der Waals surface area contributed by atoms with Crippen LogP contribution in [-0.2, 0) is 21.2 Å². The van der Waals surface area contributed by atoms with Crippen LogP contribution in [0.5, 0.6) is 5.88 Å². The van der Waals surface area contributed by atoms with Crippen LogP contribution in [0.1, 0.15) is 27.7 Å². The van der Waals surface area contributed by atoms with E-state index < -0.39 is 16.0 Å². The molecule has 2 heterocycles. The van der Waals surface area contributed by atoms with Crippen molar-refractivity contribution in [2.24, 2.45) is 0 Å². The van der Waals surface area contributed by atoms with Crippen LogP contribution in [0, 0.1) is 6.92 Å². The summed E-state index contributed by atoms with van der Waals surface area (Å²) in [6, 6.07) is 7.37. The Morgan fingerprint density at radius 1 is 1.15 bits per heavy atom. The summed E-state index contributed by atoms with van der Waals surface area (Å²) in [7, 11) is -1.12. The predicted octanol–water partition coefficient (Wildman–Crippen LogP) is 3.81. The first-order valence-corrected chi connectivity index (χ1v) is 12.7. The van der Waals surface area contributed by atoms with Gasteiger partial charge in [0.25, 0.3) is 10.0 Å². The lowest BCUT2D eigenvalue weighted by atomic mass is 10.1. The van der Waals surface area contributed by atoms with Gasteiger partial charge in [-0.2, -0.15) is 0 Å². The number of ether oxygens (including phenoxy) is 2. The number of sulfonamides is 1. The average Bonchev–Trinajstić information content (AvgIpc) is 3.12. The molecular formula is C21H23N5O5S3. The largest absolute Gasteiger partial charge is 0.481 e. The fourth-order valence-electron chi connectivity index (χ4n) is 3.10. The third-order valence-corrected chi connectivity index (χ3v) is 7.33. The maximum absolute atomic E-state index is 12.7. The second-order valence-electron chi connectivity index (χ2n) is 6.84. The van der Waals surface area contributed by atoms with Crippen molar-refractivity contribution in [3.8, 4) is 5.88 Å². The normalized spacial score (nSPS) is 10.9. The molecule has 0 aliphatic heterocycles. The first-order valence-electron chi connectivity index (χ1n) is 9.96. The topological polar surface area (TPSA) is 132 Å². The van der Waals surface area contributed by atoms with Gasteiger partial charge < -0.3 is 20.1 Å². The van der Waals surface area contributed by atoms with Gasteiger partial charge in [-0.05, 0) is 55.4 Å². The summed E-state index contributed by atoms with van der Waals surface area (Å²) in [5.41, 5.74) is 1.93. The molecule has 0 unspecified atom stereocenters. The van der Waals surface area contributed by atoms with E-state index in [0.717, 1.165) is 10.4 Å². The Hall–Kier alpha value is -3.29. The maximum atomic E-state index is 12.7. The number of thiophene rings is 1. The molecule has 1 aromatic carbocycles. The fraction of sp³-hybridized carbons (Fsp3) is 0.238. The molecule has 0 radical (unpaired) electrons. The van der Waals surface area contributed by atoms with Crippen LogP contribution in [0.4, 0.5) is 16.5 Å². The van der Waals surface area contributed by atoms with Gasteiger partial charge in [-0.15, -0.1) is 11.3 Å². The minimum Gasteiger partial charge on any atom is -0.481 e. The standard InChI is InChI=1S/C21H23N5O5S3/c1-5-15-12(2)33-19(18(15)20(27)31-4)25-21(32)24-13-6-8-14(9-7-13)34(28,29)26-16-10-17(30-3)23-11-22-16/h6-11H,5H2,1-4H3,(H,22,23,26)(H2,24,25,32). The molecule has 3 aromatic rings. The van der Waals surface area contributed by atoms with Crippen molar-refractivity contribution in [2.45, 2.75) is 25.2 Å². The Balaban J connectivity index is 1.71. The molecule has 0 atom stereocenters. The second kappa shape index (κ2) is 10.8. The van der Waals surface area contributed by atoms with Crippen LogP contribution >= 0.6 is 23.6 Å². The van der Waals surface area contributed by atoms with Crippen molar-refractivity contribution in [1.29, 1.82) is 0 Å². The van der Waals surface area contributed by atoms with E-state index in [0.29, 0.717) is 22.7 Å². The Bertz CT molecular complexity index is 1310. The molecule has 10 nitrogen and oxygen atoms in total. The molecule has 34 heavy (non-hydrogen) atoms. The minimum atomic E-state index is -3.88. The molecule has 0 spiro atoms. The lowest BCUT2D eigenvalue weighted by Gasteiger charge is -2.12. The molecule has 0 amide bonds. The smallest absolute Gasteiger partial charge is 0.341 e. The van der Waals surface area contributed by atoms with Crippen LogP contribution in [0.25, 0.3) is 0 Å². The molecule has 0 bridgehead atoms. The van der Waals surface area contributed by atoms with Gasteiger partial charge in [0.2, 0.25) is 5.88 Å². The fourth-order valence-corrected chi connectivity index (χ4v) is 5.52. The van der Waals surface area contributed by atoms with E-state index in [1.807, 2.05) is 13.8 Å². The van der Waals surface area contributed by atoms with Crippen molar-refractivity contribution >= 4 is 61.2 Å². The van der Waals surface area contributed by atoms with E-state index in [1.54, 1.807) is 12.1 Å². The summed E-state index contributed by atoms with van der Waals surface area (Å²) in [6.07, 6.45) is 1.88. The number of hydrogen-bond donors (Lipinski definition) is 3. The molecule has 0 aliphatic carbocycles. The zero-order valence-corrected chi connectivity index (χ0v) is 21.3. The van der Waals surface area contributed by atoms with Gasteiger partial charge in [0.15, 0.2) is 5.11 Å². The molecule has 0 saturated heterocycles. The summed E-state index contributed by atoms with van der Waals surface area (Å²) < 4.78 is 37.6. The lowest BCUT2D eigenvalue weighted by Crippen LogP contribution is -2.20. The number of carbonyl (C=O) groups is 1. The van der Waals surface area contributed by atoms with Crippen molar-refractivity contribution in [1.82, 2.24) is 9.97 Å². The van der Waals surface area contributed by atoms with Gasteiger partial charge in [-0.3, -0.25) is 4.72 Å². The number of rotatable bonds is 8. The van der Waals surface area contributed by atoms with Crippen molar-refractivity contribution in [2.75, 3.05) is 29.6 Å². The number of esters is 1. The van der Waals surface area contributed by atoms with Crippen LogP contribution in [0.3, 0.4) is 0 Å². The summed E-state index contributed by atoms with van der Waals surface area (Å²) >= 11 is 6.79. The van der Waals surface area contributed by atoms with Gasteiger partial charge in [0.1, 0.15) is 17.1 Å². The van der Waals surface area contributed by atoms with Crippen LogP contribution < -0.4 is 20.1 Å². The Morgan fingerprint density at radius 2 is 1.85 bits per heavy atom. The highest BCUT2D eigenvalue weighted by atomic mass is 32.2. The number of thiocarbonyl (C=S) groups is 1. The Labute approximate surface area is 206 Å². The van der Waals surface area contributed by atoms with E-state index in [4.69, 9.17) is 21.7 Å². The van der Waals surface area contributed by atoms with Crippen molar-refractivity contribution in [3.05, 3.63) is 52.7 Å². The maximum Gasteiger partial charge on any atom is 0.341 e. The number of aryl methyl sites for hydroxylation is 1. The van der Waals surface area contributed by atoms with E-state index >= 15 is 0 Å². The number of aromatic nitrogens is 2. The highest BCUT2D eigenvalue weighted by Gasteiger charge is 2.22. The SMILES string of the molecule is CCc1c(C)sc(NC(=S)Nc2ccc(S(=O)(=O)Nc3cc(OC)ncn3)cc2)c1C(=O)OC. The third kappa shape index (κ3) is 5.79. The molecule has 2 aromatic heterocycles. The number of anilines is 3. The first kappa shape index (κ1) is 25.3. The lowest BCUT2D eigenvalue weighted by molar-refractivity contribution is 0.0601. The summed E-state index contributed by atoms with van der Waals surface area (Å²) in [4.78, 5) is 21.0. The summed E-state index contributed by atoms with van der Waals surface area (Å²) in [5.74, 6) is -0.121. The number of nitrogens with zero attached hydrogens (tertiary/aromatic N) is 2. The van der Waals surface area contributed by atoms with E-state index in [1.165, 1.54) is 50.1 Å². The van der Waals surface area contributed by atoms with E-state index in [2.05, 4.69) is 25.3 Å². The van der Waals surface area contributed by atoms with E-state index in [9.17, 15) is 13.2 Å². The second-order valence-corrected chi connectivity index (χ2v) is 10.2. The Kier molecular flexibility index (Phi) is 8.02.